The van der Waals surface area contributed by atoms with E-state index in [-0.39, 0.29) is 18.2 Å². The van der Waals surface area contributed by atoms with E-state index in [0.29, 0.717) is 10.9 Å². The van der Waals surface area contributed by atoms with Gasteiger partial charge in [-0.15, -0.1) is 0 Å². The molecule has 1 rings (SSSR count). The Hall–Kier alpha value is -1.05. The van der Waals surface area contributed by atoms with Crippen molar-refractivity contribution >= 4 is 21.7 Å². The van der Waals surface area contributed by atoms with Gasteiger partial charge in [0.1, 0.15) is 18.7 Å². The predicted molar refractivity (Wildman–Crippen MR) is 65.4 cm³/mol. The van der Waals surface area contributed by atoms with E-state index in [1.807, 2.05) is 0 Å². The molecule has 0 saturated carbocycles. The van der Waals surface area contributed by atoms with E-state index in [2.05, 4.69) is 25.9 Å². The highest BCUT2D eigenvalue weighted by Gasteiger charge is 2.32. The fraction of sp³-hybridized carbons (Fsp3) is 0.600. The smallest absolute Gasteiger partial charge is 0.405 e. The number of rotatable bonds is 5. The van der Waals surface area contributed by atoms with Crippen molar-refractivity contribution in [1.82, 2.24) is 9.97 Å². The third-order valence-corrected chi connectivity index (χ3v) is 2.58. The number of nitrogens with zero attached hydrogens (tertiary/aromatic N) is 3. The lowest BCUT2D eigenvalue weighted by molar-refractivity contribution is -0.119. The van der Waals surface area contributed by atoms with E-state index in [9.17, 15) is 13.2 Å². The molecule has 8 heteroatoms. The third-order valence-electron chi connectivity index (χ3n) is 2.23. The minimum atomic E-state index is -4.28. The number of hydrogen-bond acceptors (Lipinski definition) is 4. The first-order chi connectivity index (χ1) is 8.39. The van der Waals surface area contributed by atoms with Crippen LogP contribution in [0.5, 0.6) is 5.88 Å². The molecule has 0 aliphatic rings. The van der Waals surface area contributed by atoms with Crippen LogP contribution in [0, 0.1) is 6.92 Å². The summed E-state index contributed by atoms with van der Waals surface area (Å²) in [7, 11) is 1.41. The highest BCUT2D eigenvalue weighted by atomic mass is 79.9. The molecule has 0 spiro atoms. The molecule has 0 aliphatic heterocycles. The minimum absolute atomic E-state index is 0.195. The molecule has 4 nitrogen and oxygen atoms in total. The van der Waals surface area contributed by atoms with E-state index in [1.165, 1.54) is 13.4 Å². The summed E-state index contributed by atoms with van der Waals surface area (Å²) < 4.78 is 42.5. The Balaban J connectivity index is 3.05. The average molecular weight is 328 g/mol. The monoisotopic (exact) mass is 327 g/mol. The van der Waals surface area contributed by atoms with Gasteiger partial charge in [0.05, 0.1) is 12.7 Å². The number of ether oxygens (including phenoxy) is 1. The Kier molecular flexibility index (Phi) is 5.18. The van der Waals surface area contributed by atoms with Crippen molar-refractivity contribution in [2.75, 3.05) is 30.4 Å². The SMILES string of the molecule is COc1ncnc(N(CCBr)CC(F)(F)F)c1C. The van der Waals surface area contributed by atoms with E-state index >= 15 is 0 Å². The van der Waals surface area contributed by atoms with Crippen LogP contribution in [-0.4, -0.2) is 41.7 Å². The van der Waals surface area contributed by atoms with E-state index in [0.717, 1.165) is 4.90 Å². The van der Waals surface area contributed by atoms with Gasteiger partial charge in [-0.1, -0.05) is 15.9 Å². The Morgan fingerprint density at radius 2 is 2.06 bits per heavy atom. The van der Waals surface area contributed by atoms with Gasteiger partial charge in [-0.3, -0.25) is 0 Å². The van der Waals surface area contributed by atoms with Crippen LogP contribution >= 0.6 is 15.9 Å². The second-order valence-corrected chi connectivity index (χ2v) is 4.35. The average Bonchev–Trinajstić information content (AvgIpc) is 2.27. The van der Waals surface area contributed by atoms with Gasteiger partial charge in [0.15, 0.2) is 0 Å². The van der Waals surface area contributed by atoms with Gasteiger partial charge < -0.3 is 9.64 Å². The molecule has 102 valence electrons. The van der Waals surface area contributed by atoms with Gasteiger partial charge in [-0.05, 0) is 6.92 Å². The molecular formula is C10H13BrF3N3O. The zero-order valence-corrected chi connectivity index (χ0v) is 11.5. The molecule has 0 bridgehead atoms. The zero-order chi connectivity index (χ0) is 13.8. The highest BCUT2D eigenvalue weighted by molar-refractivity contribution is 9.09. The second kappa shape index (κ2) is 6.21. The van der Waals surface area contributed by atoms with Crippen molar-refractivity contribution in [3.8, 4) is 5.88 Å². The summed E-state index contributed by atoms with van der Waals surface area (Å²) in [6.07, 6.45) is -3.09. The molecule has 0 unspecified atom stereocenters. The van der Waals surface area contributed by atoms with E-state index < -0.39 is 12.7 Å². The van der Waals surface area contributed by atoms with Gasteiger partial charge in [0.2, 0.25) is 5.88 Å². The Labute approximate surface area is 111 Å². The third kappa shape index (κ3) is 4.01. The summed E-state index contributed by atoms with van der Waals surface area (Å²) in [6.45, 7) is 0.770. The Morgan fingerprint density at radius 3 is 2.56 bits per heavy atom. The van der Waals surface area contributed by atoms with Gasteiger partial charge in [0.25, 0.3) is 0 Å². The summed E-state index contributed by atoms with van der Waals surface area (Å²) in [6, 6.07) is 0. The van der Waals surface area contributed by atoms with Crippen LogP contribution in [0.25, 0.3) is 0 Å². The van der Waals surface area contributed by atoms with Crippen LogP contribution in [0.2, 0.25) is 0 Å². The van der Waals surface area contributed by atoms with Crippen LogP contribution in [0.1, 0.15) is 5.56 Å². The number of alkyl halides is 4. The first kappa shape index (κ1) is 15.0. The molecule has 18 heavy (non-hydrogen) atoms. The quantitative estimate of drug-likeness (QED) is 0.779. The molecule has 0 aliphatic carbocycles. The first-order valence-electron chi connectivity index (χ1n) is 5.12. The van der Waals surface area contributed by atoms with E-state index in [1.54, 1.807) is 6.92 Å². The molecule has 0 radical (unpaired) electrons. The summed E-state index contributed by atoms with van der Waals surface area (Å²) in [5.41, 5.74) is 0.491. The van der Waals surface area contributed by atoms with Crippen LogP contribution in [0.15, 0.2) is 6.33 Å². The van der Waals surface area contributed by atoms with Crippen molar-refractivity contribution in [1.29, 1.82) is 0 Å². The lowest BCUT2D eigenvalue weighted by Crippen LogP contribution is -2.36. The van der Waals surface area contributed by atoms with Crippen LogP contribution in [-0.2, 0) is 0 Å². The normalized spacial score (nSPS) is 11.4. The molecule has 1 aromatic heterocycles. The zero-order valence-electron chi connectivity index (χ0n) is 9.96. The number of anilines is 1. The largest absolute Gasteiger partial charge is 0.481 e. The van der Waals surface area contributed by atoms with Crippen LogP contribution in [0.4, 0.5) is 19.0 Å². The van der Waals surface area contributed by atoms with Gasteiger partial charge in [0, 0.05) is 11.9 Å². The van der Waals surface area contributed by atoms with Gasteiger partial charge >= 0.3 is 6.18 Å². The number of methoxy groups -OCH3 is 1. The summed E-state index contributed by atoms with van der Waals surface area (Å²) in [5, 5.41) is 0.412. The van der Waals surface area contributed by atoms with E-state index in [4.69, 9.17) is 4.74 Å². The van der Waals surface area contributed by atoms with Crippen molar-refractivity contribution in [3.05, 3.63) is 11.9 Å². The number of aromatic nitrogens is 2. The summed E-state index contributed by atoms with van der Waals surface area (Å²) in [4.78, 5) is 8.89. The maximum Gasteiger partial charge on any atom is 0.405 e. The Morgan fingerprint density at radius 1 is 1.39 bits per heavy atom. The number of halogens is 4. The molecule has 1 aromatic rings. The van der Waals surface area contributed by atoms with Crippen molar-refractivity contribution in [2.24, 2.45) is 0 Å². The van der Waals surface area contributed by atoms with Crippen LogP contribution in [0.3, 0.4) is 0 Å². The predicted octanol–water partition coefficient (Wildman–Crippen LogP) is 2.56. The molecule has 0 atom stereocenters. The molecule has 0 N–H and O–H groups in total. The minimum Gasteiger partial charge on any atom is -0.481 e. The van der Waals surface area contributed by atoms with Crippen molar-refractivity contribution in [3.63, 3.8) is 0 Å². The van der Waals surface area contributed by atoms with Crippen molar-refractivity contribution < 1.29 is 17.9 Å². The van der Waals surface area contributed by atoms with Crippen molar-refractivity contribution in [2.45, 2.75) is 13.1 Å². The fourth-order valence-corrected chi connectivity index (χ4v) is 1.96. The Bertz CT molecular complexity index is 400. The molecular weight excluding hydrogens is 315 g/mol. The lowest BCUT2D eigenvalue weighted by atomic mass is 10.3. The topological polar surface area (TPSA) is 38.3 Å². The first-order valence-corrected chi connectivity index (χ1v) is 6.24. The second-order valence-electron chi connectivity index (χ2n) is 3.56. The van der Waals surface area contributed by atoms with Crippen LogP contribution < -0.4 is 9.64 Å². The number of hydrogen-bond donors (Lipinski definition) is 0. The fourth-order valence-electron chi connectivity index (χ4n) is 1.53. The molecule has 0 fully saturated rings. The molecule has 0 aromatic carbocycles. The highest BCUT2D eigenvalue weighted by Crippen LogP contribution is 2.26. The summed E-state index contributed by atoms with van der Waals surface area (Å²) >= 11 is 3.13. The molecule has 1 heterocycles. The standard InChI is InChI=1S/C10H13BrF3N3O/c1-7-8(15-6-16-9(7)18-2)17(4-3-11)5-10(12,13)14/h6H,3-5H2,1-2H3. The maximum absolute atomic E-state index is 12.5. The van der Waals surface area contributed by atoms with Gasteiger partial charge in [-0.25, -0.2) is 9.97 Å². The summed E-state index contributed by atoms with van der Waals surface area (Å²) in [5.74, 6) is 0.514. The molecule has 0 saturated heterocycles. The maximum atomic E-state index is 12.5. The lowest BCUT2D eigenvalue weighted by Gasteiger charge is -2.25. The molecule has 0 amide bonds. The van der Waals surface area contributed by atoms with Gasteiger partial charge in [-0.2, -0.15) is 13.2 Å².